The van der Waals surface area contributed by atoms with Crippen molar-refractivity contribution in [2.24, 2.45) is 0 Å². The molecule has 34 heavy (non-hydrogen) atoms. The summed E-state index contributed by atoms with van der Waals surface area (Å²) in [6.45, 7) is 6.45. The maximum absolute atomic E-state index is 6.22. The Morgan fingerprint density at radius 3 is 2.03 bits per heavy atom. The van der Waals surface area contributed by atoms with Crippen molar-refractivity contribution in [3.8, 4) is 11.5 Å². The average Bonchev–Trinajstić information content (AvgIpc) is 2.84. The van der Waals surface area contributed by atoms with Crippen LogP contribution in [0.5, 0.6) is 11.5 Å². The Hall–Kier alpha value is -2.24. The van der Waals surface area contributed by atoms with Gasteiger partial charge >= 0.3 is 0 Å². The van der Waals surface area contributed by atoms with Gasteiger partial charge in [0.15, 0.2) is 11.5 Å². The van der Waals surface area contributed by atoms with Crippen LogP contribution in [0.2, 0.25) is 10.0 Å². The highest BCUT2D eigenvalue weighted by molar-refractivity contribution is 6.30. The molecule has 2 aliphatic heterocycles. The molecule has 0 aromatic heterocycles. The molecule has 0 amide bonds. The maximum atomic E-state index is 6.22. The number of likely N-dealkylation sites (N-methyl/N-ethyl adjacent to an activating group) is 1. The Morgan fingerprint density at radius 1 is 0.824 bits per heavy atom. The van der Waals surface area contributed by atoms with Gasteiger partial charge in [-0.05, 0) is 73.5 Å². The summed E-state index contributed by atoms with van der Waals surface area (Å²) in [5.41, 5.74) is 3.69. The predicted octanol–water partition coefficient (Wildman–Crippen LogP) is 6.10. The zero-order chi connectivity index (χ0) is 23.7. The normalized spacial score (nSPS) is 21.1. The molecule has 0 bridgehead atoms. The Labute approximate surface area is 212 Å². The monoisotopic (exact) mass is 496 g/mol. The molecule has 1 fully saturated rings. The molecule has 0 spiro atoms. The zero-order valence-corrected chi connectivity index (χ0v) is 21.1. The van der Waals surface area contributed by atoms with Gasteiger partial charge < -0.3 is 9.47 Å². The summed E-state index contributed by atoms with van der Waals surface area (Å²) in [4.78, 5) is 5.07. The van der Waals surface area contributed by atoms with E-state index in [2.05, 4.69) is 60.2 Å². The van der Waals surface area contributed by atoms with Crippen molar-refractivity contribution >= 4 is 23.2 Å². The molecule has 5 rings (SSSR count). The third-order valence-electron chi connectivity index (χ3n) is 7.12. The van der Waals surface area contributed by atoms with Crippen molar-refractivity contribution in [3.63, 3.8) is 0 Å². The number of halogens is 2. The standard InChI is InChI=1S/C28H30Cl2N2O2/c1-28(18-20-3-12-25-26(17-20)34-16-15-33-25)19-32(14-13-31(28)2)27(21-4-8-23(29)9-5-21)22-6-10-24(30)11-7-22/h3-12,17,27H,13-16,18-19H2,1-2H3. The average molecular weight is 497 g/mol. The van der Waals surface area contributed by atoms with Crippen molar-refractivity contribution in [1.82, 2.24) is 9.80 Å². The fourth-order valence-corrected chi connectivity index (χ4v) is 5.39. The van der Waals surface area contributed by atoms with Gasteiger partial charge in [-0.3, -0.25) is 9.80 Å². The van der Waals surface area contributed by atoms with Crippen LogP contribution in [-0.2, 0) is 6.42 Å². The first-order valence-corrected chi connectivity index (χ1v) is 12.5. The van der Waals surface area contributed by atoms with Crippen molar-refractivity contribution < 1.29 is 9.47 Å². The van der Waals surface area contributed by atoms with Crippen molar-refractivity contribution in [3.05, 3.63) is 93.5 Å². The molecule has 1 saturated heterocycles. The van der Waals surface area contributed by atoms with Crippen LogP contribution in [-0.4, -0.2) is 55.2 Å². The molecule has 2 heterocycles. The first-order valence-electron chi connectivity index (χ1n) is 11.8. The highest BCUT2D eigenvalue weighted by Crippen LogP contribution is 2.37. The molecule has 178 valence electrons. The summed E-state index contributed by atoms with van der Waals surface area (Å²) in [6.07, 6.45) is 0.921. The second-order valence-corrected chi connectivity index (χ2v) is 10.4. The van der Waals surface area contributed by atoms with E-state index in [4.69, 9.17) is 32.7 Å². The van der Waals surface area contributed by atoms with Crippen LogP contribution in [0, 0.1) is 0 Å². The summed E-state index contributed by atoms with van der Waals surface area (Å²) in [5.74, 6) is 1.69. The van der Waals surface area contributed by atoms with Crippen molar-refractivity contribution in [1.29, 1.82) is 0 Å². The number of hydrogen-bond donors (Lipinski definition) is 0. The van der Waals surface area contributed by atoms with E-state index in [1.54, 1.807) is 0 Å². The van der Waals surface area contributed by atoms with Crippen molar-refractivity contribution in [2.75, 3.05) is 39.9 Å². The molecule has 0 N–H and O–H groups in total. The summed E-state index contributed by atoms with van der Waals surface area (Å²) in [7, 11) is 2.23. The van der Waals surface area contributed by atoms with Gasteiger partial charge in [0.2, 0.25) is 0 Å². The minimum atomic E-state index is -0.0425. The molecule has 1 atom stereocenters. The highest BCUT2D eigenvalue weighted by atomic mass is 35.5. The lowest BCUT2D eigenvalue weighted by Gasteiger charge is -2.50. The summed E-state index contributed by atoms with van der Waals surface area (Å²) >= 11 is 12.4. The number of hydrogen-bond acceptors (Lipinski definition) is 4. The van der Waals surface area contributed by atoms with Crippen LogP contribution < -0.4 is 9.47 Å². The van der Waals surface area contributed by atoms with E-state index in [0.29, 0.717) is 13.2 Å². The van der Waals surface area contributed by atoms with Gasteiger partial charge in [0.1, 0.15) is 13.2 Å². The van der Waals surface area contributed by atoms with E-state index in [0.717, 1.165) is 47.6 Å². The second kappa shape index (κ2) is 9.79. The van der Waals surface area contributed by atoms with Crippen LogP contribution >= 0.6 is 23.2 Å². The highest BCUT2D eigenvalue weighted by Gasteiger charge is 2.39. The van der Waals surface area contributed by atoms with Crippen LogP contribution in [0.4, 0.5) is 0 Å². The van der Waals surface area contributed by atoms with Gasteiger partial charge in [-0.15, -0.1) is 0 Å². The Balaban J connectivity index is 1.44. The quantitative estimate of drug-likeness (QED) is 0.425. The van der Waals surface area contributed by atoms with Gasteiger partial charge in [-0.1, -0.05) is 53.5 Å². The molecule has 0 radical (unpaired) electrons. The number of benzene rings is 3. The molecule has 2 aliphatic rings. The number of fused-ring (bicyclic) bond motifs is 1. The van der Waals surface area contributed by atoms with Gasteiger partial charge in [-0.2, -0.15) is 0 Å². The summed E-state index contributed by atoms with van der Waals surface area (Å²) < 4.78 is 11.6. The number of piperazine rings is 1. The van der Waals surface area contributed by atoms with Crippen LogP contribution in [0.3, 0.4) is 0 Å². The smallest absolute Gasteiger partial charge is 0.161 e. The van der Waals surface area contributed by atoms with E-state index in [1.165, 1.54) is 16.7 Å². The summed E-state index contributed by atoms with van der Waals surface area (Å²) in [6, 6.07) is 22.9. The Kier molecular flexibility index (Phi) is 6.76. The Morgan fingerprint density at radius 2 is 1.41 bits per heavy atom. The lowest BCUT2D eigenvalue weighted by molar-refractivity contribution is 0.0133. The molecule has 0 saturated carbocycles. The third kappa shape index (κ3) is 4.92. The van der Waals surface area contributed by atoms with Gasteiger partial charge in [0, 0.05) is 35.2 Å². The molecule has 3 aromatic rings. The molecule has 0 aliphatic carbocycles. The topological polar surface area (TPSA) is 24.9 Å². The van der Waals surface area contributed by atoms with E-state index in [-0.39, 0.29) is 11.6 Å². The fraction of sp³-hybridized carbons (Fsp3) is 0.357. The minimum Gasteiger partial charge on any atom is -0.486 e. The molecular weight excluding hydrogens is 467 g/mol. The molecule has 6 heteroatoms. The van der Waals surface area contributed by atoms with Crippen LogP contribution in [0.25, 0.3) is 0 Å². The van der Waals surface area contributed by atoms with E-state index < -0.39 is 0 Å². The van der Waals surface area contributed by atoms with Gasteiger partial charge in [0.05, 0.1) is 6.04 Å². The van der Waals surface area contributed by atoms with Gasteiger partial charge in [0.25, 0.3) is 0 Å². The minimum absolute atomic E-state index is 0.0425. The molecule has 1 unspecified atom stereocenters. The van der Waals surface area contributed by atoms with Gasteiger partial charge in [-0.25, -0.2) is 0 Å². The first-order chi connectivity index (χ1) is 16.4. The third-order valence-corrected chi connectivity index (χ3v) is 7.62. The SMILES string of the molecule is CN1CCN(C(c2ccc(Cl)cc2)c2ccc(Cl)cc2)CC1(C)Cc1ccc2c(c1)OCCO2. The zero-order valence-electron chi connectivity index (χ0n) is 19.6. The number of ether oxygens (including phenoxy) is 2. The Bertz CT molecular complexity index is 1090. The van der Waals surface area contributed by atoms with E-state index in [9.17, 15) is 0 Å². The van der Waals surface area contributed by atoms with Crippen molar-refractivity contribution in [2.45, 2.75) is 24.9 Å². The lowest BCUT2D eigenvalue weighted by Crippen LogP contribution is -2.60. The molecular formula is C28H30Cl2N2O2. The van der Waals surface area contributed by atoms with Crippen LogP contribution in [0.15, 0.2) is 66.7 Å². The largest absolute Gasteiger partial charge is 0.486 e. The predicted molar refractivity (Wildman–Crippen MR) is 138 cm³/mol. The van der Waals surface area contributed by atoms with Crippen LogP contribution in [0.1, 0.15) is 29.7 Å². The molecule has 3 aromatic carbocycles. The number of nitrogens with zero attached hydrogens (tertiary/aromatic N) is 2. The van der Waals surface area contributed by atoms with E-state index >= 15 is 0 Å². The summed E-state index contributed by atoms with van der Waals surface area (Å²) in [5, 5.41) is 1.50. The maximum Gasteiger partial charge on any atom is 0.161 e. The number of rotatable bonds is 5. The lowest BCUT2D eigenvalue weighted by atomic mass is 9.86. The van der Waals surface area contributed by atoms with E-state index in [1.807, 2.05) is 30.3 Å². The molecule has 4 nitrogen and oxygen atoms in total. The second-order valence-electron chi connectivity index (χ2n) is 9.55. The fourth-order valence-electron chi connectivity index (χ4n) is 5.14. The first kappa shape index (κ1) is 23.5.